The van der Waals surface area contributed by atoms with Gasteiger partial charge in [-0.3, -0.25) is 10.1 Å². The third-order valence-corrected chi connectivity index (χ3v) is 5.23. The third-order valence-electron chi connectivity index (χ3n) is 5.23. The van der Waals surface area contributed by atoms with Crippen molar-refractivity contribution in [2.45, 2.75) is 56.8 Å². The largest absolute Gasteiger partial charge is 0.359 e. The molecule has 146 valence electrons. The predicted octanol–water partition coefficient (Wildman–Crippen LogP) is 4.74. The lowest BCUT2D eigenvalue weighted by Gasteiger charge is -2.21. The first-order chi connectivity index (χ1) is 12.5. The molecule has 1 aliphatic carbocycles. The molecule has 2 fully saturated rings. The SMILES string of the molecule is CC(C)(C)c1cc(-c2cc(N3CC(F)(F)C(F)(F)C3)c(C3CC3)cn2)n[nH]1. The third kappa shape index (κ3) is 3.19. The average Bonchev–Trinajstić information content (AvgIpc) is 3.21. The minimum atomic E-state index is -4.04. The van der Waals surface area contributed by atoms with Crippen LogP contribution < -0.4 is 4.90 Å². The molecule has 0 amide bonds. The van der Waals surface area contributed by atoms with Crippen molar-refractivity contribution in [1.29, 1.82) is 0 Å². The van der Waals surface area contributed by atoms with Crippen molar-refractivity contribution < 1.29 is 17.6 Å². The molecule has 1 saturated heterocycles. The van der Waals surface area contributed by atoms with Crippen LogP contribution in [0, 0.1) is 0 Å². The molecule has 0 aromatic carbocycles. The zero-order chi connectivity index (χ0) is 19.6. The Bertz CT molecular complexity index is 849. The Kier molecular flexibility index (Phi) is 3.85. The molecule has 0 atom stereocenters. The summed E-state index contributed by atoms with van der Waals surface area (Å²) in [6.07, 6.45) is 3.47. The fraction of sp³-hybridized carbons (Fsp3) is 0.579. The Hall–Kier alpha value is -2.12. The van der Waals surface area contributed by atoms with Crippen molar-refractivity contribution in [3.63, 3.8) is 0 Å². The number of aromatic nitrogens is 3. The number of hydrogen-bond acceptors (Lipinski definition) is 3. The van der Waals surface area contributed by atoms with Crippen LogP contribution in [-0.2, 0) is 5.41 Å². The highest BCUT2D eigenvalue weighted by atomic mass is 19.3. The number of alkyl halides is 4. The number of halogens is 4. The molecule has 2 aromatic rings. The summed E-state index contributed by atoms with van der Waals surface area (Å²) in [6.45, 7) is 4.13. The molecular formula is C19H22F4N4. The Morgan fingerprint density at radius 1 is 1.04 bits per heavy atom. The number of hydrogen-bond donors (Lipinski definition) is 1. The van der Waals surface area contributed by atoms with Crippen LogP contribution in [0.4, 0.5) is 23.2 Å². The maximum Gasteiger partial charge on any atom is 0.329 e. The summed E-state index contributed by atoms with van der Waals surface area (Å²) < 4.78 is 55.0. The minimum Gasteiger partial charge on any atom is -0.359 e. The maximum atomic E-state index is 13.7. The molecule has 1 saturated carbocycles. The van der Waals surface area contributed by atoms with Gasteiger partial charge in [-0.05, 0) is 36.5 Å². The zero-order valence-electron chi connectivity index (χ0n) is 15.5. The summed E-state index contributed by atoms with van der Waals surface area (Å²) in [6, 6.07) is 3.48. The lowest BCUT2D eigenvalue weighted by Crippen LogP contribution is -2.38. The second-order valence-electron chi connectivity index (χ2n) is 8.58. The highest BCUT2D eigenvalue weighted by molar-refractivity contribution is 5.66. The molecule has 0 unspecified atom stereocenters. The lowest BCUT2D eigenvalue weighted by atomic mass is 9.92. The summed E-state index contributed by atoms with van der Waals surface area (Å²) in [5.41, 5.74) is 3.01. The van der Waals surface area contributed by atoms with Crippen molar-refractivity contribution in [1.82, 2.24) is 15.2 Å². The second kappa shape index (κ2) is 5.69. The van der Waals surface area contributed by atoms with E-state index in [0.717, 1.165) is 29.0 Å². The monoisotopic (exact) mass is 382 g/mol. The lowest BCUT2D eigenvalue weighted by molar-refractivity contribution is -0.172. The Balaban J connectivity index is 1.73. The van der Waals surface area contributed by atoms with E-state index in [-0.39, 0.29) is 11.3 Å². The van der Waals surface area contributed by atoms with E-state index in [1.54, 1.807) is 12.3 Å². The number of H-pyrrole nitrogens is 1. The van der Waals surface area contributed by atoms with Crippen LogP contribution in [-0.4, -0.2) is 40.1 Å². The van der Waals surface area contributed by atoms with Gasteiger partial charge >= 0.3 is 11.8 Å². The van der Waals surface area contributed by atoms with Gasteiger partial charge in [-0.1, -0.05) is 20.8 Å². The van der Waals surface area contributed by atoms with Crippen molar-refractivity contribution in [3.8, 4) is 11.4 Å². The molecule has 1 aliphatic heterocycles. The summed E-state index contributed by atoms with van der Waals surface area (Å²) in [5, 5.41) is 7.23. The maximum absolute atomic E-state index is 13.7. The van der Waals surface area contributed by atoms with Gasteiger partial charge in [0, 0.05) is 23.0 Å². The van der Waals surface area contributed by atoms with E-state index in [1.807, 2.05) is 26.8 Å². The molecule has 0 bridgehead atoms. The highest BCUT2D eigenvalue weighted by Gasteiger charge is 2.63. The number of rotatable bonds is 3. The van der Waals surface area contributed by atoms with Crippen molar-refractivity contribution >= 4 is 5.69 Å². The van der Waals surface area contributed by atoms with Crippen molar-refractivity contribution in [3.05, 3.63) is 29.6 Å². The molecule has 27 heavy (non-hydrogen) atoms. The Morgan fingerprint density at radius 2 is 1.67 bits per heavy atom. The van der Waals surface area contributed by atoms with Crippen LogP contribution in [0.15, 0.2) is 18.3 Å². The van der Waals surface area contributed by atoms with Crippen LogP contribution in [0.2, 0.25) is 0 Å². The quantitative estimate of drug-likeness (QED) is 0.780. The molecule has 8 heteroatoms. The average molecular weight is 382 g/mol. The van der Waals surface area contributed by atoms with E-state index >= 15 is 0 Å². The van der Waals surface area contributed by atoms with Gasteiger partial charge in [0.1, 0.15) is 5.69 Å². The fourth-order valence-corrected chi connectivity index (χ4v) is 3.35. The minimum absolute atomic E-state index is 0.138. The molecule has 4 rings (SSSR count). The van der Waals surface area contributed by atoms with Gasteiger partial charge in [-0.2, -0.15) is 22.7 Å². The van der Waals surface area contributed by atoms with Crippen LogP contribution >= 0.6 is 0 Å². The van der Waals surface area contributed by atoms with Crippen molar-refractivity contribution in [2.75, 3.05) is 18.0 Å². The first-order valence-corrected chi connectivity index (χ1v) is 9.05. The van der Waals surface area contributed by atoms with Gasteiger partial charge in [-0.25, -0.2) is 0 Å². The molecule has 1 N–H and O–H groups in total. The van der Waals surface area contributed by atoms with E-state index in [1.165, 1.54) is 0 Å². The van der Waals surface area contributed by atoms with Gasteiger partial charge in [0.25, 0.3) is 0 Å². The standard InChI is InChI=1S/C19H22F4N4/c1-17(2,3)16-7-14(25-26-16)13-6-15(12(8-24-13)11-4-5-11)27-9-18(20,21)19(22,23)10-27/h6-8,11H,4-5,9-10H2,1-3H3,(H,25,26). The van der Waals surface area contributed by atoms with Crippen LogP contribution in [0.25, 0.3) is 11.4 Å². The predicted molar refractivity (Wildman–Crippen MR) is 94.6 cm³/mol. The summed E-state index contributed by atoms with van der Waals surface area (Å²) in [5.74, 6) is -7.87. The summed E-state index contributed by atoms with van der Waals surface area (Å²) >= 11 is 0. The van der Waals surface area contributed by atoms with Gasteiger partial charge in [0.15, 0.2) is 0 Å². The molecule has 4 nitrogen and oxygen atoms in total. The first kappa shape index (κ1) is 18.3. The molecule has 3 heterocycles. The van der Waals surface area contributed by atoms with E-state index < -0.39 is 24.9 Å². The molecular weight excluding hydrogens is 360 g/mol. The number of nitrogens with one attached hydrogen (secondary N) is 1. The Morgan fingerprint density at radius 3 is 2.19 bits per heavy atom. The molecule has 2 aromatic heterocycles. The van der Waals surface area contributed by atoms with Crippen molar-refractivity contribution in [2.24, 2.45) is 0 Å². The molecule has 2 aliphatic rings. The van der Waals surface area contributed by atoms with E-state index in [2.05, 4.69) is 15.2 Å². The second-order valence-corrected chi connectivity index (χ2v) is 8.58. The van der Waals surface area contributed by atoms with E-state index in [4.69, 9.17) is 0 Å². The van der Waals surface area contributed by atoms with Gasteiger partial charge in [0.2, 0.25) is 0 Å². The normalized spacial score (nSPS) is 21.7. The number of pyridine rings is 1. The van der Waals surface area contributed by atoms with Crippen LogP contribution in [0.1, 0.15) is 50.8 Å². The topological polar surface area (TPSA) is 44.8 Å². The van der Waals surface area contributed by atoms with E-state index in [0.29, 0.717) is 17.1 Å². The number of nitrogens with zero attached hydrogens (tertiary/aromatic N) is 3. The van der Waals surface area contributed by atoms with Gasteiger partial charge < -0.3 is 4.90 Å². The highest BCUT2D eigenvalue weighted by Crippen LogP contribution is 2.48. The summed E-state index contributed by atoms with van der Waals surface area (Å²) in [4.78, 5) is 5.52. The van der Waals surface area contributed by atoms with Gasteiger partial charge in [0.05, 0.1) is 18.8 Å². The van der Waals surface area contributed by atoms with E-state index in [9.17, 15) is 17.6 Å². The number of aromatic amines is 1. The smallest absolute Gasteiger partial charge is 0.329 e. The van der Waals surface area contributed by atoms with Crippen LogP contribution in [0.3, 0.4) is 0 Å². The fourth-order valence-electron chi connectivity index (χ4n) is 3.35. The Labute approximate surface area is 155 Å². The number of anilines is 1. The van der Waals surface area contributed by atoms with Gasteiger partial charge in [-0.15, -0.1) is 0 Å². The van der Waals surface area contributed by atoms with Crippen LogP contribution in [0.5, 0.6) is 0 Å². The summed E-state index contributed by atoms with van der Waals surface area (Å²) in [7, 11) is 0. The zero-order valence-corrected chi connectivity index (χ0v) is 15.5. The molecule has 0 radical (unpaired) electrons. The molecule has 0 spiro atoms. The first-order valence-electron chi connectivity index (χ1n) is 9.05.